The number of hydrogen-bond acceptors (Lipinski definition) is 3. The second kappa shape index (κ2) is 19.0. The van der Waals surface area contributed by atoms with Crippen LogP contribution in [-0.2, 0) is 42.7 Å². The Balaban J connectivity index is 0.00000860. The number of rotatable bonds is 7. The molecule has 0 bridgehead atoms. The topological polar surface area (TPSA) is 50.9 Å². The molecule has 2 heterocycles. The Morgan fingerprint density at radius 3 is 1.82 bits per heavy atom. The molecule has 0 unspecified atom stereocenters. The van der Waals surface area contributed by atoms with Crippen LogP contribution in [0.1, 0.15) is 130 Å². The third-order valence-corrected chi connectivity index (χ3v) is 13.2. The summed E-state index contributed by atoms with van der Waals surface area (Å²) in [5.41, 5.74) is 9.51. The molecular weight excluding hydrogens is 1050 g/mol. The van der Waals surface area contributed by atoms with E-state index in [0.29, 0.717) is 61.6 Å². The van der Waals surface area contributed by atoms with Gasteiger partial charge >= 0.3 is 0 Å². The standard InChI is InChI=1S/C66H68N3O.Pt/c1-41-23-25-43(26-24-41)46-31-32-67-57(37-46)48-34-47(35-50(36-48)64(6,7)8)52-21-18-22-58-60(52)68-62(55-38-51(65(9,10)11)39-56(61(55)70)66(12,13)14)69(58)59-33-42(2)53(40-54(59)44-19-16-15-17-20-44)45-27-29-49(30-28-45)63(3,4)5;/h15-33,35-40,70H,1-14H3;/q-1;/i1D3,2D3,23D,24D,25D,26D;. The maximum Gasteiger partial charge on any atom is 0.148 e. The smallest absolute Gasteiger partial charge is 0.148 e. The van der Waals surface area contributed by atoms with Gasteiger partial charge in [0.05, 0.1) is 27.8 Å². The van der Waals surface area contributed by atoms with Crippen LogP contribution in [0.5, 0.6) is 5.75 Å². The van der Waals surface area contributed by atoms with Crippen LogP contribution < -0.4 is 0 Å². The number of aryl methyl sites for hydroxylation is 1. The molecule has 0 fully saturated rings. The van der Waals surface area contributed by atoms with Crippen molar-refractivity contribution in [1.82, 2.24) is 14.5 Å². The van der Waals surface area contributed by atoms with Crippen LogP contribution in [0.25, 0.3) is 83.9 Å². The van der Waals surface area contributed by atoms with Crippen LogP contribution in [0.15, 0.2) is 152 Å². The van der Waals surface area contributed by atoms with Crippen molar-refractivity contribution in [2.45, 2.75) is 118 Å². The largest absolute Gasteiger partial charge is 0.507 e. The van der Waals surface area contributed by atoms with E-state index >= 15 is 0 Å². The number of aromatic hydroxyl groups is 1. The fourth-order valence-corrected chi connectivity index (χ4v) is 9.04. The van der Waals surface area contributed by atoms with E-state index in [1.165, 1.54) is 6.20 Å². The zero-order valence-corrected chi connectivity index (χ0v) is 45.0. The Kier molecular flexibility index (Phi) is 10.5. The van der Waals surface area contributed by atoms with Gasteiger partial charge < -0.3 is 5.11 Å². The van der Waals surface area contributed by atoms with E-state index in [9.17, 15) is 5.11 Å². The molecule has 0 saturated heterocycles. The van der Waals surface area contributed by atoms with Crippen LogP contribution in [0.3, 0.4) is 0 Å². The predicted molar refractivity (Wildman–Crippen MR) is 296 cm³/mol. The minimum atomic E-state index is -2.86. The van der Waals surface area contributed by atoms with Crippen LogP contribution >= 0.6 is 0 Å². The maximum absolute atomic E-state index is 12.8. The van der Waals surface area contributed by atoms with Gasteiger partial charge in [0.2, 0.25) is 0 Å². The van der Waals surface area contributed by atoms with Gasteiger partial charge in [-0.2, -0.15) is 0 Å². The minimum absolute atomic E-state index is 0. The number of aromatic nitrogens is 3. The molecule has 0 aliphatic heterocycles. The van der Waals surface area contributed by atoms with Gasteiger partial charge in [0.1, 0.15) is 11.6 Å². The summed E-state index contributed by atoms with van der Waals surface area (Å²) < 4.78 is 88.4. The van der Waals surface area contributed by atoms with Crippen molar-refractivity contribution in [3.8, 4) is 78.6 Å². The molecule has 7 aromatic carbocycles. The molecular formula is C66H68N3OPt-. The van der Waals surface area contributed by atoms with Crippen LogP contribution in [-0.4, -0.2) is 19.6 Å². The van der Waals surface area contributed by atoms with E-state index in [0.717, 1.165) is 38.9 Å². The number of benzene rings is 7. The van der Waals surface area contributed by atoms with Gasteiger partial charge in [-0.05, 0) is 110 Å². The van der Waals surface area contributed by atoms with Gasteiger partial charge in [-0.1, -0.05) is 203 Å². The van der Waals surface area contributed by atoms with Crippen molar-refractivity contribution in [1.29, 1.82) is 0 Å². The SMILES string of the molecule is [2H]c1c([2H])c(C([2H])([2H])[2H])c([2H])c([2H])c1-c1ccnc(-c2[c-]c(-c3cccc4c3nc(-c3cc(C(C)(C)C)cc(C(C)(C)C)c3O)n4-c3cc(C([2H])([2H])[2H])c(-c4ccc(C(C)(C)C)cc4)cc3-c3ccccc3)cc(C(C)(C)C)c2)c1.[Pt]. The molecule has 2 aromatic heterocycles. The van der Waals surface area contributed by atoms with Gasteiger partial charge in [-0.25, -0.2) is 4.98 Å². The third kappa shape index (κ3) is 10.2. The van der Waals surface area contributed by atoms with E-state index in [1.807, 2.05) is 83.4 Å². The first-order valence-electron chi connectivity index (χ1n) is 29.0. The number of phenols is 1. The summed E-state index contributed by atoms with van der Waals surface area (Å²) in [5.74, 6) is 0.448. The van der Waals surface area contributed by atoms with Crippen LogP contribution in [0.2, 0.25) is 0 Å². The van der Waals surface area contributed by atoms with Gasteiger partial charge in [0.25, 0.3) is 0 Å². The van der Waals surface area contributed by atoms with Crippen molar-refractivity contribution in [3.05, 3.63) is 191 Å². The molecule has 0 amide bonds. The fraction of sp³-hybridized carbons (Fsp3) is 0.273. The first-order valence-corrected chi connectivity index (χ1v) is 24.0. The summed E-state index contributed by atoms with van der Waals surface area (Å²) in [4.78, 5) is 10.4. The molecule has 71 heavy (non-hydrogen) atoms. The molecule has 364 valence electrons. The number of phenolic OH excluding ortho intramolecular Hbond substituents is 1. The number of pyridine rings is 1. The summed E-state index contributed by atoms with van der Waals surface area (Å²) in [6.45, 7) is 19.9. The van der Waals surface area contributed by atoms with Crippen LogP contribution in [0, 0.1) is 19.8 Å². The molecule has 0 spiro atoms. The molecule has 9 rings (SSSR count). The van der Waals surface area contributed by atoms with Gasteiger partial charge in [-0.15, -0.1) is 29.3 Å². The summed E-state index contributed by atoms with van der Waals surface area (Å²) in [5, 5.41) is 12.8. The fourth-order valence-electron chi connectivity index (χ4n) is 9.04. The molecule has 4 nitrogen and oxygen atoms in total. The zero-order chi connectivity index (χ0) is 58.6. The Labute approximate surface area is 451 Å². The number of nitrogens with zero attached hydrogens (tertiary/aromatic N) is 3. The quantitative estimate of drug-likeness (QED) is 0.162. The van der Waals surface area contributed by atoms with Crippen molar-refractivity contribution >= 4 is 11.0 Å². The molecule has 0 atom stereocenters. The maximum atomic E-state index is 12.8. The summed E-state index contributed by atoms with van der Waals surface area (Å²) >= 11 is 0. The Morgan fingerprint density at radius 1 is 0.535 bits per heavy atom. The Bertz CT molecular complexity index is 3860. The van der Waals surface area contributed by atoms with Gasteiger partial charge in [-0.3, -0.25) is 9.55 Å². The Morgan fingerprint density at radius 2 is 1.18 bits per heavy atom. The first kappa shape index (κ1) is 39.3. The number of fused-ring (bicyclic) bond motifs is 1. The monoisotopic (exact) mass is 1120 g/mol. The van der Waals surface area contributed by atoms with Gasteiger partial charge in [0, 0.05) is 52.3 Å². The second-order valence-electron chi connectivity index (χ2n) is 22.6. The third-order valence-electron chi connectivity index (χ3n) is 13.2. The molecule has 0 radical (unpaired) electrons. The Hall–Kier alpha value is -6.35. The minimum Gasteiger partial charge on any atom is -0.507 e. The average molecular weight is 1120 g/mol. The van der Waals surface area contributed by atoms with E-state index in [1.54, 1.807) is 18.2 Å². The second-order valence-corrected chi connectivity index (χ2v) is 22.6. The number of hydrogen-bond donors (Lipinski definition) is 1. The number of imidazole rings is 1. The molecule has 9 aromatic rings. The van der Waals surface area contributed by atoms with Crippen molar-refractivity contribution < 1.29 is 39.9 Å². The van der Waals surface area contributed by atoms with E-state index < -0.39 is 54.3 Å². The van der Waals surface area contributed by atoms with E-state index in [-0.39, 0.29) is 48.8 Å². The summed E-state index contributed by atoms with van der Waals surface area (Å²) in [6, 6.07) is 40.4. The predicted octanol–water partition coefficient (Wildman–Crippen LogP) is 17.7. The molecule has 0 aliphatic carbocycles. The van der Waals surface area contributed by atoms with E-state index in [4.69, 9.17) is 23.7 Å². The van der Waals surface area contributed by atoms with Crippen molar-refractivity contribution in [2.75, 3.05) is 0 Å². The zero-order valence-electron chi connectivity index (χ0n) is 52.7. The molecule has 0 aliphatic rings. The van der Waals surface area contributed by atoms with Crippen molar-refractivity contribution in [3.63, 3.8) is 0 Å². The number of para-hydroxylation sites is 1. The van der Waals surface area contributed by atoms with Crippen molar-refractivity contribution in [2.24, 2.45) is 0 Å². The van der Waals surface area contributed by atoms with E-state index in [2.05, 4.69) is 113 Å². The summed E-state index contributed by atoms with van der Waals surface area (Å²) in [6.07, 6.45) is 1.52. The molecule has 1 N–H and O–H groups in total. The average Bonchev–Trinajstić information content (AvgIpc) is 3.91. The summed E-state index contributed by atoms with van der Waals surface area (Å²) in [7, 11) is 0. The first-order chi connectivity index (χ1) is 37.0. The van der Waals surface area contributed by atoms with Crippen LogP contribution in [0.4, 0.5) is 0 Å². The molecule has 0 saturated carbocycles. The van der Waals surface area contributed by atoms with Gasteiger partial charge in [0.15, 0.2) is 0 Å². The normalized spacial score (nSPS) is 14.7. The molecule has 5 heteroatoms.